The predicted molar refractivity (Wildman–Crippen MR) is 65.4 cm³/mol. The van der Waals surface area contributed by atoms with Crippen molar-refractivity contribution in [3.8, 4) is 23.6 Å². The Kier molecular flexibility index (Phi) is 3.18. The van der Waals surface area contributed by atoms with Crippen LogP contribution in [0.2, 0.25) is 0 Å². The van der Waals surface area contributed by atoms with Crippen LogP contribution in [0.5, 0.6) is 0 Å². The summed E-state index contributed by atoms with van der Waals surface area (Å²) in [5.74, 6) is 0.385. The fourth-order valence-corrected chi connectivity index (χ4v) is 1.93. The molecule has 0 spiro atoms. The van der Waals surface area contributed by atoms with Crippen LogP contribution in [0.4, 0.5) is 5.95 Å². The zero-order valence-electron chi connectivity index (χ0n) is 9.34. The number of nitriles is 2. The Morgan fingerprint density at radius 2 is 2.11 bits per heavy atom. The van der Waals surface area contributed by atoms with Crippen molar-refractivity contribution < 1.29 is 4.42 Å². The summed E-state index contributed by atoms with van der Waals surface area (Å²) in [6, 6.07) is 5.47. The molecule has 0 aromatic carbocycles. The van der Waals surface area contributed by atoms with E-state index < -0.39 is 0 Å². The average Bonchev–Trinajstić information content (AvgIpc) is 2.86. The van der Waals surface area contributed by atoms with E-state index >= 15 is 0 Å². The number of furan rings is 1. The quantitative estimate of drug-likeness (QED) is 0.644. The van der Waals surface area contributed by atoms with Gasteiger partial charge in [0.2, 0.25) is 5.95 Å². The molecule has 2 aromatic heterocycles. The number of aromatic nitrogens is 2. The summed E-state index contributed by atoms with van der Waals surface area (Å²) in [5, 5.41) is 18.4. The van der Waals surface area contributed by atoms with Crippen molar-refractivity contribution in [2.24, 2.45) is 0 Å². The molecule has 0 aliphatic heterocycles. The van der Waals surface area contributed by atoms with Gasteiger partial charge < -0.3 is 10.2 Å². The lowest BCUT2D eigenvalue weighted by atomic mass is 10.2. The second-order valence-electron chi connectivity index (χ2n) is 3.24. The third-order valence-electron chi connectivity index (χ3n) is 2.16. The summed E-state index contributed by atoms with van der Waals surface area (Å²) in [5.41, 5.74) is 6.53. The minimum Gasteiger partial charge on any atom is -0.461 e. The van der Waals surface area contributed by atoms with E-state index in [0.29, 0.717) is 22.0 Å². The Labute approximate surface area is 107 Å². The number of anilines is 1. The molecule has 2 N–H and O–H groups in total. The molecular weight excluding hydrogens is 250 g/mol. The van der Waals surface area contributed by atoms with Crippen molar-refractivity contribution in [3.63, 3.8) is 0 Å². The number of nitrogens with zero attached hydrogens (tertiary/aromatic N) is 4. The maximum Gasteiger partial charge on any atom is 0.221 e. The van der Waals surface area contributed by atoms with Gasteiger partial charge in [0.15, 0.2) is 5.76 Å². The van der Waals surface area contributed by atoms with Crippen LogP contribution in [-0.4, -0.2) is 16.2 Å². The van der Waals surface area contributed by atoms with E-state index in [1.54, 1.807) is 6.26 Å². The number of nitrogen functional groups attached to an aromatic ring is 1. The zero-order chi connectivity index (χ0) is 13.1. The van der Waals surface area contributed by atoms with Crippen molar-refractivity contribution in [1.29, 1.82) is 10.5 Å². The molecule has 0 aliphatic carbocycles. The molecule has 0 radical (unpaired) electrons. The third kappa shape index (κ3) is 1.99. The smallest absolute Gasteiger partial charge is 0.221 e. The van der Waals surface area contributed by atoms with Crippen LogP contribution >= 0.6 is 11.8 Å². The minimum atomic E-state index is 0.0586. The monoisotopic (exact) mass is 257 g/mol. The molecule has 2 rings (SSSR count). The number of nitrogens with two attached hydrogens (primary N) is 1. The van der Waals surface area contributed by atoms with E-state index in [0.717, 1.165) is 0 Å². The Morgan fingerprint density at radius 1 is 1.33 bits per heavy atom. The molecule has 7 heteroatoms. The van der Waals surface area contributed by atoms with E-state index in [1.807, 2.05) is 12.1 Å². The van der Waals surface area contributed by atoms with Crippen LogP contribution in [-0.2, 0) is 0 Å². The van der Waals surface area contributed by atoms with Gasteiger partial charge in [-0.1, -0.05) is 0 Å². The van der Waals surface area contributed by atoms with Gasteiger partial charge in [-0.25, -0.2) is 9.97 Å². The summed E-state index contributed by atoms with van der Waals surface area (Å²) in [7, 11) is 0. The predicted octanol–water partition coefficient (Wildman–Crippen LogP) is 1.78. The Bertz CT molecular complexity index is 680. The average molecular weight is 257 g/mol. The number of thioether (sulfide) groups is 1. The first-order valence-corrected chi connectivity index (χ1v) is 6.02. The van der Waals surface area contributed by atoms with Crippen LogP contribution in [0.1, 0.15) is 11.1 Å². The van der Waals surface area contributed by atoms with Gasteiger partial charge in [0.1, 0.15) is 34.7 Å². The van der Waals surface area contributed by atoms with Crippen molar-refractivity contribution in [3.05, 3.63) is 23.5 Å². The second kappa shape index (κ2) is 4.78. The highest BCUT2D eigenvalue weighted by Gasteiger charge is 2.17. The summed E-state index contributed by atoms with van der Waals surface area (Å²) in [4.78, 5) is 7.97. The molecule has 0 unspecified atom stereocenters. The van der Waals surface area contributed by atoms with E-state index in [-0.39, 0.29) is 11.5 Å². The molecule has 0 fully saturated rings. The van der Waals surface area contributed by atoms with Crippen LogP contribution in [0.3, 0.4) is 0 Å². The first-order chi connectivity index (χ1) is 8.69. The fraction of sp³-hybridized carbons (Fsp3) is 0.0909. The van der Waals surface area contributed by atoms with Gasteiger partial charge in [-0.3, -0.25) is 0 Å². The molecule has 0 atom stereocenters. The highest BCUT2D eigenvalue weighted by Crippen LogP contribution is 2.29. The van der Waals surface area contributed by atoms with Gasteiger partial charge in [0.25, 0.3) is 0 Å². The maximum atomic E-state index is 9.16. The molecule has 2 aromatic rings. The van der Waals surface area contributed by atoms with Gasteiger partial charge in [0, 0.05) is 6.07 Å². The highest BCUT2D eigenvalue weighted by molar-refractivity contribution is 7.98. The standard InChI is InChI=1S/C11H7N5OS/c1-18-10-7(4-13)9(15-11(14)16-10)8-2-6(3-12)5-17-8/h2,5H,1H3,(H2,14,15,16). The van der Waals surface area contributed by atoms with Crippen LogP contribution in [0.15, 0.2) is 21.8 Å². The lowest BCUT2D eigenvalue weighted by molar-refractivity contribution is 0.578. The molecular formula is C11H7N5OS. The number of hydrogen-bond donors (Lipinski definition) is 1. The number of rotatable bonds is 2. The van der Waals surface area contributed by atoms with Crippen molar-refractivity contribution in [1.82, 2.24) is 9.97 Å². The van der Waals surface area contributed by atoms with E-state index in [1.165, 1.54) is 24.1 Å². The van der Waals surface area contributed by atoms with Crippen LogP contribution < -0.4 is 5.73 Å². The highest BCUT2D eigenvalue weighted by atomic mass is 32.2. The molecule has 88 valence electrons. The molecule has 0 saturated carbocycles. The minimum absolute atomic E-state index is 0.0586. The Morgan fingerprint density at radius 3 is 2.67 bits per heavy atom. The Hall–Kier alpha value is -2.51. The van der Waals surface area contributed by atoms with Crippen LogP contribution in [0, 0.1) is 22.7 Å². The van der Waals surface area contributed by atoms with Gasteiger partial charge in [-0.2, -0.15) is 10.5 Å². The molecule has 0 aliphatic rings. The van der Waals surface area contributed by atoms with Gasteiger partial charge in [-0.05, 0) is 6.26 Å². The van der Waals surface area contributed by atoms with E-state index in [4.69, 9.17) is 20.7 Å². The third-order valence-corrected chi connectivity index (χ3v) is 2.84. The molecule has 0 amide bonds. The van der Waals surface area contributed by atoms with Crippen molar-refractivity contribution >= 4 is 17.7 Å². The summed E-state index contributed by atoms with van der Waals surface area (Å²) < 4.78 is 5.21. The molecule has 0 bridgehead atoms. The lowest BCUT2D eigenvalue weighted by Crippen LogP contribution is -2.01. The molecule has 2 heterocycles. The van der Waals surface area contributed by atoms with Crippen LogP contribution in [0.25, 0.3) is 11.5 Å². The zero-order valence-corrected chi connectivity index (χ0v) is 10.2. The SMILES string of the molecule is CSc1nc(N)nc(-c2cc(C#N)co2)c1C#N. The largest absolute Gasteiger partial charge is 0.461 e. The Balaban J connectivity index is 2.67. The first kappa shape index (κ1) is 12.0. The molecule has 6 nitrogen and oxygen atoms in total. The maximum absolute atomic E-state index is 9.16. The normalized spacial score (nSPS) is 9.72. The summed E-state index contributed by atoms with van der Waals surface area (Å²) in [6.45, 7) is 0. The first-order valence-electron chi connectivity index (χ1n) is 4.80. The van der Waals surface area contributed by atoms with Crippen molar-refractivity contribution in [2.45, 2.75) is 5.03 Å². The second-order valence-corrected chi connectivity index (χ2v) is 4.03. The summed E-state index contributed by atoms with van der Waals surface area (Å²) in [6.07, 6.45) is 3.09. The fourth-order valence-electron chi connectivity index (χ4n) is 1.40. The van der Waals surface area contributed by atoms with Gasteiger partial charge in [0.05, 0.1) is 5.56 Å². The van der Waals surface area contributed by atoms with Gasteiger partial charge in [-0.15, -0.1) is 11.8 Å². The van der Waals surface area contributed by atoms with E-state index in [2.05, 4.69) is 9.97 Å². The van der Waals surface area contributed by atoms with E-state index in [9.17, 15) is 0 Å². The summed E-state index contributed by atoms with van der Waals surface area (Å²) >= 11 is 1.30. The van der Waals surface area contributed by atoms with Crippen molar-refractivity contribution in [2.75, 3.05) is 12.0 Å². The lowest BCUT2D eigenvalue weighted by Gasteiger charge is -2.04. The molecule has 18 heavy (non-hydrogen) atoms. The number of hydrogen-bond acceptors (Lipinski definition) is 7. The van der Waals surface area contributed by atoms with Gasteiger partial charge >= 0.3 is 0 Å². The topological polar surface area (TPSA) is 113 Å². The molecule has 0 saturated heterocycles.